The molecular weight excluding hydrogens is 326 g/mol. The highest BCUT2D eigenvalue weighted by Gasteiger charge is 2.18. The normalized spacial score (nSPS) is 11.0. The minimum absolute atomic E-state index is 0.174. The van der Waals surface area contributed by atoms with Crippen LogP contribution in [0, 0.1) is 38.0 Å². The summed E-state index contributed by atoms with van der Waals surface area (Å²) in [4.78, 5) is 16.9. The Labute approximate surface area is 152 Å². The second kappa shape index (κ2) is 6.60. The van der Waals surface area contributed by atoms with Gasteiger partial charge in [0.15, 0.2) is 11.6 Å². The first-order chi connectivity index (χ1) is 12.3. The van der Waals surface area contributed by atoms with Crippen LogP contribution in [0.5, 0.6) is 0 Å². The number of nitriles is 1. The number of fused-ring (bicyclic) bond motifs is 1. The number of nitrogens with zero attached hydrogens (tertiary/aromatic N) is 4. The van der Waals surface area contributed by atoms with Crippen molar-refractivity contribution in [2.24, 2.45) is 5.92 Å². The molecule has 132 valence electrons. The molecule has 0 fully saturated rings. The maximum Gasteiger partial charge on any atom is 0.228 e. The van der Waals surface area contributed by atoms with Gasteiger partial charge in [0.2, 0.25) is 5.91 Å². The highest BCUT2D eigenvalue weighted by atomic mass is 16.1. The molecule has 2 aromatic heterocycles. The summed E-state index contributed by atoms with van der Waals surface area (Å²) < 4.78 is 1.52. The predicted molar refractivity (Wildman–Crippen MR) is 101 cm³/mol. The molecule has 2 heterocycles. The Balaban J connectivity index is 2.20. The fourth-order valence-electron chi connectivity index (χ4n) is 2.92. The van der Waals surface area contributed by atoms with Crippen molar-refractivity contribution in [3.8, 4) is 11.9 Å². The van der Waals surface area contributed by atoms with E-state index in [1.807, 2.05) is 19.9 Å². The summed E-state index contributed by atoms with van der Waals surface area (Å²) in [5, 5.41) is 17.5. The van der Waals surface area contributed by atoms with Crippen LogP contribution in [0.2, 0.25) is 0 Å². The van der Waals surface area contributed by atoms with E-state index < -0.39 is 0 Å². The van der Waals surface area contributed by atoms with Gasteiger partial charge in [-0.25, -0.2) is 4.98 Å². The highest BCUT2D eigenvalue weighted by molar-refractivity contribution is 5.93. The fraction of sp³-hybridized carbons (Fsp3) is 0.300. The van der Waals surface area contributed by atoms with Crippen molar-refractivity contribution in [1.82, 2.24) is 14.8 Å². The van der Waals surface area contributed by atoms with E-state index in [0.717, 1.165) is 22.0 Å². The number of pyridine rings is 1. The molecule has 0 bridgehead atoms. The summed E-state index contributed by atoms with van der Waals surface area (Å²) in [5.41, 5.74) is 4.51. The van der Waals surface area contributed by atoms with Crippen LogP contribution in [0.1, 0.15) is 36.1 Å². The van der Waals surface area contributed by atoms with E-state index in [9.17, 15) is 10.1 Å². The number of aromatic nitrogens is 3. The molecule has 3 aromatic rings. The average molecular weight is 347 g/mol. The molecule has 0 spiro atoms. The van der Waals surface area contributed by atoms with Crippen LogP contribution in [0.25, 0.3) is 16.7 Å². The molecule has 0 aliphatic rings. The Morgan fingerprint density at radius 2 is 1.92 bits per heavy atom. The maximum absolute atomic E-state index is 12.2. The number of benzene rings is 1. The second-order valence-corrected chi connectivity index (χ2v) is 6.85. The van der Waals surface area contributed by atoms with Crippen molar-refractivity contribution in [2.45, 2.75) is 34.6 Å². The lowest BCUT2D eigenvalue weighted by molar-refractivity contribution is -0.118. The molecule has 6 nitrogen and oxygen atoms in total. The van der Waals surface area contributed by atoms with Gasteiger partial charge in [-0.3, -0.25) is 4.79 Å². The van der Waals surface area contributed by atoms with E-state index in [1.54, 1.807) is 13.8 Å². The third-order valence-corrected chi connectivity index (χ3v) is 4.31. The molecule has 0 saturated carbocycles. The standard InChI is InChI=1S/C20H21N5O/c1-11(2)20(26)24-19-15(9-21)10-22-25(19)17-8-13(4)16-7-12(3)6-14(5)18(16)23-17/h6-8,10-11H,1-5H3,(H,24,26). The van der Waals surface area contributed by atoms with Crippen LogP contribution in [-0.4, -0.2) is 20.7 Å². The molecule has 0 atom stereocenters. The first-order valence-electron chi connectivity index (χ1n) is 8.49. The summed E-state index contributed by atoms with van der Waals surface area (Å²) in [6.45, 7) is 9.70. The smallest absolute Gasteiger partial charge is 0.228 e. The van der Waals surface area contributed by atoms with Crippen molar-refractivity contribution >= 4 is 22.6 Å². The number of carbonyl (C=O) groups excluding carboxylic acids is 1. The molecule has 0 unspecified atom stereocenters. The van der Waals surface area contributed by atoms with Gasteiger partial charge in [0.05, 0.1) is 11.7 Å². The van der Waals surface area contributed by atoms with Gasteiger partial charge in [0.1, 0.15) is 11.6 Å². The summed E-state index contributed by atoms with van der Waals surface area (Å²) in [5.74, 6) is 0.540. The minimum atomic E-state index is -0.207. The van der Waals surface area contributed by atoms with E-state index in [-0.39, 0.29) is 11.8 Å². The van der Waals surface area contributed by atoms with Crippen LogP contribution in [-0.2, 0) is 4.79 Å². The van der Waals surface area contributed by atoms with Gasteiger partial charge >= 0.3 is 0 Å². The monoisotopic (exact) mass is 347 g/mol. The van der Waals surface area contributed by atoms with Crippen LogP contribution in [0.4, 0.5) is 5.82 Å². The molecule has 3 rings (SSSR count). The van der Waals surface area contributed by atoms with Crippen LogP contribution in [0.3, 0.4) is 0 Å². The number of anilines is 1. The average Bonchev–Trinajstić information content (AvgIpc) is 2.98. The lowest BCUT2D eigenvalue weighted by Crippen LogP contribution is -2.21. The second-order valence-electron chi connectivity index (χ2n) is 6.85. The molecule has 6 heteroatoms. The van der Waals surface area contributed by atoms with Crippen LogP contribution in [0.15, 0.2) is 24.4 Å². The number of amides is 1. The van der Waals surface area contributed by atoms with Gasteiger partial charge in [-0.05, 0) is 44.0 Å². The summed E-state index contributed by atoms with van der Waals surface area (Å²) >= 11 is 0. The first kappa shape index (κ1) is 17.6. The topological polar surface area (TPSA) is 83.6 Å². The van der Waals surface area contributed by atoms with E-state index in [1.165, 1.54) is 16.4 Å². The van der Waals surface area contributed by atoms with Crippen LogP contribution >= 0.6 is 0 Å². The maximum atomic E-state index is 12.2. The Kier molecular flexibility index (Phi) is 4.47. The number of hydrogen-bond acceptors (Lipinski definition) is 4. The SMILES string of the molecule is Cc1cc(C)c2nc(-n3ncc(C#N)c3NC(=O)C(C)C)cc(C)c2c1. The molecule has 1 aromatic carbocycles. The molecule has 1 N–H and O–H groups in total. The van der Waals surface area contributed by atoms with Gasteiger partial charge in [-0.15, -0.1) is 0 Å². The minimum Gasteiger partial charge on any atom is -0.309 e. The van der Waals surface area contributed by atoms with Gasteiger partial charge in [-0.2, -0.15) is 15.0 Å². The summed E-state index contributed by atoms with van der Waals surface area (Å²) in [7, 11) is 0. The molecule has 0 aliphatic heterocycles. The summed E-state index contributed by atoms with van der Waals surface area (Å²) in [6, 6.07) is 8.19. The van der Waals surface area contributed by atoms with Gasteiger partial charge in [0, 0.05) is 11.3 Å². The van der Waals surface area contributed by atoms with E-state index in [2.05, 4.69) is 35.5 Å². The zero-order chi connectivity index (χ0) is 19.0. The number of aryl methyl sites for hydroxylation is 3. The Morgan fingerprint density at radius 3 is 2.58 bits per heavy atom. The Bertz CT molecular complexity index is 1060. The van der Waals surface area contributed by atoms with Crippen molar-refractivity contribution in [3.63, 3.8) is 0 Å². The Hall–Kier alpha value is -3.20. The number of nitrogens with one attached hydrogen (secondary N) is 1. The van der Waals surface area contributed by atoms with E-state index >= 15 is 0 Å². The largest absolute Gasteiger partial charge is 0.309 e. The Morgan fingerprint density at radius 1 is 1.19 bits per heavy atom. The third-order valence-electron chi connectivity index (χ3n) is 4.31. The van der Waals surface area contributed by atoms with E-state index in [4.69, 9.17) is 4.98 Å². The quantitative estimate of drug-likeness (QED) is 0.781. The van der Waals surface area contributed by atoms with Gasteiger partial charge in [0.25, 0.3) is 0 Å². The molecular formula is C20H21N5O. The van der Waals surface area contributed by atoms with E-state index in [0.29, 0.717) is 17.2 Å². The number of carbonyl (C=O) groups is 1. The number of rotatable bonds is 3. The van der Waals surface area contributed by atoms with Crippen LogP contribution < -0.4 is 5.32 Å². The molecule has 1 amide bonds. The molecule has 0 saturated heterocycles. The fourth-order valence-corrected chi connectivity index (χ4v) is 2.92. The third kappa shape index (κ3) is 3.04. The van der Waals surface area contributed by atoms with Gasteiger partial charge < -0.3 is 5.32 Å². The van der Waals surface area contributed by atoms with Crippen molar-refractivity contribution in [1.29, 1.82) is 5.26 Å². The zero-order valence-electron chi connectivity index (χ0n) is 15.6. The number of hydrogen-bond donors (Lipinski definition) is 1. The van der Waals surface area contributed by atoms with Gasteiger partial charge in [-0.1, -0.05) is 25.5 Å². The van der Waals surface area contributed by atoms with Crippen molar-refractivity contribution in [3.05, 3.63) is 46.6 Å². The zero-order valence-corrected chi connectivity index (χ0v) is 15.6. The predicted octanol–water partition coefficient (Wildman–Crippen LogP) is 3.81. The van der Waals surface area contributed by atoms with Crippen molar-refractivity contribution in [2.75, 3.05) is 5.32 Å². The highest BCUT2D eigenvalue weighted by Crippen LogP contribution is 2.26. The lowest BCUT2D eigenvalue weighted by atomic mass is 10.0. The molecule has 26 heavy (non-hydrogen) atoms. The summed E-state index contributed by atoms with van der Waals surface area (Å²) in [6.07, 6.45) is 1.44. The van der Waals surface area contributed by atoms with Crippen molar-refractivity contribution < 1.29 is 4.79 Å². The lowest BCUT2D eigenvalue weighted by Gasteiger charge is -2.13. The molecule has 0 radical (unpaired) electrons. The molecule has 0 aliphatic carbocycles. The first-order valence-corrected chi connectivity index (χ1v) is 8.49.